The van der Waals surface area contributed by atoms with E-state index in [4.69, 9.17) is 11.6 Å². The van der Waals surface area contributed by atoms with E-state index in [-0.39, 0.29) is 18.5 Å². The number of nitrogens with zero attached hydrogens (tertiary/aromatic N) is 2. The number of hydrogen-bond donors (Lipinski definition) is 1. The number of carbonyl (C=O) groups is 1. The van der Waals surface area contributed by atoms with Crippen molar-refractivity contribution in [3.05, 3.63) is 99.7 Å². The Labute approximate surface area is 149 Å². The molecule has 0 unspecified atom stereocenters. The maximum atomic E-state index is 12.5. The molecule has 0 bridgehead atoms. The molecule has 0 saturated carbocycles. The molecule has 3 aromatic rings. The van der Waals surface area contributed by atoms with E-state index in [0.29, 0.717) is 5.02 Å². The summed E-state index contributed by atoms with van der Waals surface area (Å²) in [4.78, 5) is 27.8. The van der Waals surface area contributed by atoms with Gasteiger partial charge in [0.25, 0.3) is 0 Å². The van der Waals surface area contributed by atoms with Crippen molar-refractivity contribution in [2.75, 3.05) is 0 Å². The highest BCUT2D eigenvalue weighted by molar-refractivity contribution is 6.30. The van der Waals surface area contributed by atoms with Crippen molar-refractivity contribution < 1.29 is 4.79 Å². The van der Waals surface area contributed by atoms with E-state index in [0.717, 1.165) is 11.1 Å². The SMILES string of the molecule is O=C(Cn1cccnc1=O)N[C@@H](c1ccccc1)c1ccc(Cl)cc1. The highest BCUT2D eigenvalue weighted by Crippen LogP contribution is 2.23. The van der Waals surface area contributed by atoms with E-state index in [1.165, 1.54) is 17.0 Å². The predicted molar refractivity (Wildman–Crippen MR) is 96.4 cm³/mol. The van der Waals surface area contributed by atoms with Crippen molar-refractivity contribution in [2.45, 2.75) is 12.6 Å². The van der Waals surface area contributed by atoms with Crippen LogP contribution in [-0.4, -0.2) is 15.5 Å². The van der Waals surface area contributed by atoms with Gasteiger partial charge in [0.2, 0.25) is 5.91 Å². The largest absolute Gasteiger partial charge is 0.347 e. The van der Waals surface area contributed by atoms with Crippen LogP contribution in [0, 0.1) is 0 Å². The van der Waals surface area contributed by atoms with Gasteiger partial charge in [-0.3, -0.25) is 9.36 Å². The van der Waals surface area contributed by atoms with Gasteiger partial charge in [-0.1, -0.05) is 54.1 Å². The molecule has 1 atom stereocenters. The summed E-state index contributed by atoms with van der Waals surface area (Å²) in [6, 6.07) is 18.2. The lowest BCUT2D eigenvalue weighted by atomic mass is 9.98. The Bertz CT molecular complexity index is 908. The van der Waals surface area contributed by atoms with E-state index in [1.54, 1.807) is 18.2 Å². The van der Waals surface area contributed by atoms with E-state index in [9.17, 15) is 9.59 Å². The average molecular weight is 354 g/mol. The van der Waals surface area contributed by atoms with E-state index in [1.807, 2.05) is 42.5 Å². The molecule has 0 radical (unpaired) electrons. The molecular weight excluding hydrogens is 338 g/mol. The zero-order valence-corrected chi connectivity index (χ0v) is 14.1. The molecule has 0 spiro atoms. The molecule has 1 heterocycles. The van der Waals surface area contributed by atoms with E-state index < -0.39 is 5.69 Å². The lowest BCUT2D eigenvalue weighted by Crippen LogP contribution is -2.35. The summed E-state index contributed by atoms with van der Waals surface area (Å²) in [5.74, 6) is -0.279. The van der Waals surface area contributed by atoms with Crippen LogP contribution in [0.5, 0.6) is 0 Å². The summed E-state index contributed by atoms with van der Waals surface area (Å²) in [5.41, 5.74) is 1.39. The molecule has 3 rings (SSSR count). The minimum atomic E-state index is -0.458. The summed E-state index contributed by atoms with van der Waals surface area (Å²) >= 11 is 5.96. The molecule has 0 saturated heterocycles. The van der Waals surface area contributed by atoms with Gasteiger partial charge in [-0.05, 0) is 29.3 Å². The van der Waals surface area contributed by atoms with Crippen LogP contribution < -0.4 is 11.0 Å². The molecule has 25 heavy (non-hydrogen) atoms. The van der Waals surface area contributed by atoms with Crippen LogP contribution in [0.15, 0.2) is 77.9 Å². The molecule has 2 aromatic carbocycles. The van der Waals surface area contributed by atoms with Gasteiger partial charge in [0.1, 0.15) is 6.54 Å². The van der Waals surface area contributed by atoms with Crippen LogP contribution in [0.25, 0.3) is 0 Å². The second kappa shape index (κ2) is 7.77. The van der Waals surface area contributed by atoms with Gasteiger partial charge in [-0.2, -0.15) is 0 Å². The summed E-state index contributed by atoms with van der Waals surface area (Å²) < 4.78 is 1.26. The minimum Gasteiger partial charge on any atom is -0.344 e. The van der Waals surface area contributed by atoms with Crippen LogP contribution >= 0.6 is 11.6 Å². The molecule has 6 heteroatoms. The second-order valence-electron chi connectivity index (χ2n) is 5.49. The minimum absolute atomic E-state index is 0.0937. The maximum absolute atomic E-state index is 12.5. The van der Waals surface area contributed by atoms with Gasteiger partial charge in [0, 0.05) is 17.4 Å². The van der Waals surface area contributed by atoms with Gasteiger partial charge in [0.05, 0.1) is 6.04 Å². The second-order valence-corrected chi connectivity index (χ2v) is 5.93. The van der Waals surface area contributed by atoms with E-state index in [2.05, 4.69) is 10.3 Å². The number of rotatable bonds is 5. The Balaban J connectivity index is 1.85. The third-order valence-electron chi connectivity index (χ3n) is 3.74. The fourth-order valence-electron chi connectivity index (χ4n) is 2.53. The summed E-state index contributed by atoms with van der Waals surface area (Å²) in [6.07, 6.45) is 2.94. The Morgan fingerprint density at radius 1 is 1.04 bits per heavy atom. The molecule has 0 fully saturated rings. The highest BCUT2D eigenvalue weighted by Gasteiger charge is 2.17. The Hall–Kier alpha value is -2.92. The number of aromatic nitrogens is 2. The van der Waals surface area contributed by atoms with Gasteiger partial charge in [-0.25, -0.2) is 9.78 Å². The molecular formula is C19H16ClN3O2. The molecule has 1 amide bonds. The number of hydrogen-bond acceptors (Lipinski definition) is 3. The fraction of sp³-hybridized carbons (Fsp3) is 0.105. The first-order valence-corrected chi connectivity index (χ1v) is 8.12. The molecule has 1 N–H and O–H groups in total. The normalized spacial score (nSPS) is 11.7. The number of benzene rings is 2. The monoisotopic (exact) mass is 353 g/mol. The van der Waals surface area contributed by atoms with Crippen molar-refractivity contribution in [1.82, 2.24) is 14.9 Å². The number of amides is 1. The lowest BCUT2D eigenvalue weighted by Gasteiger charge is -2.20. The molecule has 0 aliphatic rings. The highest BCUT2D eigenvalue weighted by atomic mass is 35.5. The quantitative estimate of drug-likeness (QED) is 0.767. The lowest BCUT2D eigenvalue weighted by molar-refractivity contribution is -0.122. The molecule has 126 valence electrons. The molecule has 0 aliphatic heterocycles. The third-order valence-corrected chi connectivity index (χ3v) is 3.99. The van der Waals surface area contributed by atoms with Crippen LogP contribution in [0.4, 0.5) is 0 Å². The smallest absolute Gasteiger partial charge is 0.344 e. The Kier molecular flexibility index (Phi) is 5.26. The maximum Gasteiger partial charge on any atom is 0.347 e. The molecule has 0 aliphatic carbocycles. The first-order valence-electron chi connectivity index (χ1n) is 7.75. The van der Waals surface area contributed by atoms with Crippen molar-refractivity contribution in [1.29, 1.82) is 0 Å². The summed E-state index contributed by atoms with van der Waals surface area (Å²) in [6.45, 7) is -0.0937. The van der Waals surface area contributed by atoms with E-state index >= 15 is 0 Å². The van der Waals surface area contributed by atoms with Crippen LogP contribution in [-0.2, 0) is 11.3 Å². The zero-order chi connectivity index (χ0) is 17.6. The summed E-state index contributed by atoms with van der Waals surface area (Å²) in [5, 5.41) is 3.60. The van der Waals surface area contributed by atoms with Gasteiger partial charge >= 0.3 is 5.69 Å². The standard InChI is InChI=1S/C19H16ClN3O2/c20-16-9-7-15(8-10-16)18(14-5-2-1-3-6-14)22-17(24)13-23-12-4-11-21-19(23)25/h1-12,18H,13H2,(H,22,24)/t18-/m0/s1. The van der Waals surface area contributed by atoms with Crippen molar-refractivity contribution in [2.24, 2.45) is 0 Å². The van der Waals surface area contributed by atoms with Crippen molar-refractivity contribution in [3.8, 4) is 0 Å². The first kappa shape index (κ1) is 16.9. The number of nitrogens with one attached hydrogen (secondary N) is 1. The van der Waals surface area contributed by atoms with Gasteiger partial charge in [0.15, 0.2) is 0 Å². The predicted octanol–water partition coefficient (Wildman–Crippen LogP) is 2.80. The van der Waals surface area contributed by atoms with Crippen LogP contribution in [0.1, 0.15) is 17.2 Å². The van der Waals surface area contributed by atoms with Crippen LogP contribution in [0.2, 0.25) is 5.02 Å². The zero-order valence-electron chi connectivity index (χ0n) is 13.3. The Morgan fingerprint density at radius 3 is 2.40 bits per heavy atom. The van der Waals surface area contributed by atoms with Gasteiger partial charge < -0.3 is 5.32 Å². The number of carbonyl (C=O) groups excluding carboxylic acids is 1. The fourth-order valence-corrected chi connectivity index (χ4v) is 2.65. The molecule has 5 nitrogen and oxygen atoms in total. The van der Waals surface area contributed by atoms with Crippen molar-refractivity contribution >= 4 is 17.5 Å². The van der Waals surface area contributed by atoms with Crippen LogP contribution in [0.3, 0.4) is 0 Å². The third kappa shape index (κ3) is 4.33. The van der Waals surface area contributed by atoms with Gasteiger partial charge in [-0.15, -0.1) is 0 Å². The number of halogens is 1. The average Bonchev–Trinajstić information content (AvgIpc) is 2.63. The first-order chi connectivity index (χ1) is 12.1. The molecule has 1 aromatic heterocycles. The Morgan fingerprint density at radius 2 is 1.72 bits per heavy atom. The van der Waals surface area contributed by atoms with Crippen molar-refractivity contribution in [3.63, 3.8) is 0 Å². The topological polar surface area (TPSA) is 64.0 Å². The summed E-state index contributed by atoms with van der Waals surface area (Å²) in [7, 11) is 0.